The summed E-state index contributed by atoms with van der Waals surface area (Å²) in [5.41, 5.74) is 4.54. The highest BCUT2D eigenvalue weighted by atomic mass is 127. The number of aromatic nitrogens is 2. The average Bonchev–Trinajstić information content (AvgIpc) is 2.55. The van der Waals surface area contributed by atoms with Crippen molar-refractivity contribution in [3.05, 3.63) is 15.1 Å². The van der Waals surface area contributed by atoms with Crippen molar-refractivity contribution in [1.82, 2.24) is 9.97 Å². The third kappa shape index (κ3) is 5.10. The van der Waals surface area contributed by atoms with Crippen LogP contribution in [0.1, 0.15) is 46.5 Å². The van der Waals surface area contributed by atoms with Gasteiger partial charge in [-0.25, -0.2) is 9.78 Å². The Kier molecular flexibility index (Phi) is 6.95. The number of amides is 1. The van der Waals surface area contributed by atoms with Crippen molar-refractivity contribution in [3.8, 4) is 0 Å². The van der Waals surface area contributed by atoms with Crippen LogP contribution < -0.4 is 11.1 Å². The van der Waals surface area contributed by atoms with Gasteiger partial charge in [0.2, 0.25) is 5.28 Å². The van der Waals surface area contributed by atoms with Crippen molar-refractivity contribution in [2.45, 2.75) is 64.2 Å². The third-order valence-electron chi connectivity index (χ3n) is 4.76. The number of ether oxygens (including phenoxy) is 2. The monoisotopic (exact) mass is 496 g/mol. The Morgan fingerprint density at radius 1 is 1.46 bits per heavy atom. The van der Waals surface area contributed by atoms with Crippen molar-refractivity contribution in [2.24, 2.45) is 11.1 Å². The molecule has 2 rings (SSSR count). The first kappa shape index (κ1) is 21.4. The average molecular weight is 497 g/mol. The van der Waals surface area contributed by atoms with Crippen LogP contribution in [0.4, 0.5) is 10.6 Å². The number of nitrogens with one attached hydrogen (secondary N) is 1. The molecular formula is C17H26ClIN4O3. The van der Waals surface area contributed by atoms with Gasteiger partial charge in [-0.3, -0.25) is 0 Å². The van der Waals surface area contributed by atoms with Gasteiger partial charge < -0.3 is 20.5 Å². The van der Waals surface area contributed by atoms with Crippen LogP contribution in [0.5, 0.6) is 0 Å². The van der Waals surface area contributed by atoms with Crippen LogP contribution in [0.25, 0.3) is 0 Å². The Bertz CT molecular complexity index is 645. The number of anilines is 1. The summed E-state index contributed by atoms with van der Waals surface area (Å²) in [6, 6.07) is 0. The number of primary amides is 1. The summed E-state index contributed by atoms with van der Waals surface area (Å²) in [5, 5.41) is 3.69. The molecule has 0 bridgehead atoms. The number of nitrogens with two attached hydrogens (primary N) is 1. The van der Waals surface area contributed by atoms with Crippen molar-refractivity contribution in [1.29, 1.82) is 0 Å². The van der Waals surface area contributed by atoms with E-state index in [1.54, 1.807) is 13.3 Å². The Hall–Kier alpha value is -0.870. The van der Waals surface area contributed by atoms with Crippen LogP contribution in [0.2, 0.25) is 5.28 Å². The van der Waals surface area contributed by atoms with Gasteiger partial charge in [-0.2, -0.15) is 4.98 Å². The summed E-state index contributed by atoms with van der Waals surface area (Å²) in [6.07, 6.45) is 3.80. The fourth-order valence-corrected chi connectivity index (χ4v) is 4.23. The van der Waals surface area contributed by atoms with E-state index in [4.69, 9.17) is 26.8 Å². The molecule has 0 aromatic carbocycles. The number of hydrogen-bond donors (Lipinski definition) is 2. The van der Waals surface area contributed by atoms with Crippen LogP contribution in [0.15, 0.2) is 6.20 Å². The van der Waals surface area contributed by atoms with E-state index in [1.807, 2.05) is 20.8 Å². The molecule has 1 saturated carbocycles. The zero-order valence-electron chi connectivity index (χ0n) is 15.5. The maximum atomic E-state index is 11.6. The molecule has 1 aliphatic carbocycles. The maximum Gasteiger partial charge on any atom is 0.404 e. The molecule has 7 nitrogen and oxygen atoms in total. The highest BCUT2D eigenvalue weighted by Crippen LogP contribution is 2.43. The minimum Gasteiger partial charge on any atom is -0.443 e. The van der Waals surface area contributed by atoms with E-state index in [0.717, 1.165) is 29.3 Å². The number of carbonyl (C=O) groups is 1. The normalized spacial score (nSPS) is 24.8. The van der Waals surface area contributed by atoms with Gasteiger partial charge in [0.05, 0.1) is 15.2 Å². The predicted octanol–water partition coefficient (Wildman–Crippen LogP) is 3.98. The summed E-state index contributed by atoms with van der Waals surface area (Å²) in [4.78, 5) is 20.0. The molecule has 1 aromatic heterocycles. The molecule has 0 saturated heterocycles. The van der Waals surface area contributed by atoms with E-state index in [0.29, 0.717) is 5.82 Å². The lowest BCUT2D eigenvalue weighted by atomic mass is 9.68. The van der Waals surface area contributed by atoms with Crippen LogP contribution in [0.3, 0.4) is 0 Å². The van der Waals surface area contributed by atoms with Gasteiger partial charge in [-0.1, -0.05) is 20.8 Å². The van der Waals surface area contributed by atoms with Gasteiger partial charge in [-0.05, 0) is 59.9 Å². The second kappa shape index (κ2) is 8.43. The van der Waals surface area contributed by atoms with E-state index >= 15 is 0 Å². The lowest BCUT2D eigenvalue weighted by Crippen LogP contribution is -2.59. The molecule has 1 fully saturated rings. The maximum absolute atomic E-state index is 11.6. The van der Waals surface area contributed by atoms with Crippen LogP contribution in [-0.2, 0) is 9.47 Å². The first-order valence-electron chi connectivity index (χ1n) is 8.52. The number of nitrogens with zero attached hydrogens (tertiary/aromatic N) is 2. The second-order valence-corrected chi connectivity index (χ2v) is 9.23. The van der Waals surface area contributed by atoms with Gasteiger partial charge >= 0.3 is 6.09 Å². The molecule has 1 atom stereocenters. The SMILES string of the molecule is COC1CCC(Nc2nc(Cl)ncc2I)(C(OC(N)=O)C(C)(C)C)CC1. The molecule has 1 heterocycles. The van der Waals surface area contributed by atoms with E-state index in [-0.39, 0.29) is 16.8 Å². The molecule has 9 heteroatoms. The van der Waals surface area contributed by atoms with Crippen molar-refractivity contribution < 1.29 is 14.3 Å². The number of methoxy groups -OCH3 is 1. The topological polar surface area (TPSA) is 99.4 Å². The second-order valence-electron chi connectivity index (χ2n) is 7.73. The molecule has 1 aliphatic rings. The Morgan fingerprint density at radius 2 is 2.08 bits per heavy atom. The number of halogens is 2. The van der Waals surface area contributed by atoms with Gasteiger partial charge in [0.1, 0.15) is 11.9 Å². The summed E-state index contributed by atoms with van der Waals surface area (Å²) < 4.78 is 12.0. The van der Waals surface area contributed by atoms with E-state index in [2.05, 4.69) is 37.9 Å². The van der Waals surface area contributed by atoms with Crippen LogP contribution in [0, 0.1) is 8.99 Å². The van der Waals surface area contributed by atoms with Crippen molar-refractivity contribution in [2.75, 3.05) is 12.4 Å². The zero-order valence-corrected chi connectivity index (χ0v) is 18.4. The van der Waals surface area contributed by atoms with Crippen LogP contribution >= 0.6 is 34.2 Å². The first-order valence-corrected chi connectivity index (χ1v) is 9.98. The number of carbonyl (C=O) groups excluding carboxylic acids is 1. The van der Waals surface area contributed by atoms with Gasteiger partial charge in [0.25, 0.3) is 0 Å². The van der Waals surface area contributed by atoms with Crippen molar-refractivity contribution in [3.63, 3.8) is 0 Å². The largest absolute Gasteiger partial charge is 0.443 e. The minimum absolute atomic E-state index is 0.164. The summed E-state index contributed by atoms with van der Waals surface area (Å²) in [7, 11) is 1.72. The van der Waals surface area contributed by atoms with E-state index in [1.165, 1.54) is 0 Å². The molecule has 1 aromatic rings. The predicted molar refractivity (Wildman–Crippen MR) is 109 cm³/mol. The standard InChI is InChI=1S/C17H26ClIN4O3/c1-16(2,3)13(26-15(20)24)17(7-5-10(25-4)6-8-17)23-12-11(19)9-21-14(18)22-12/h9-10,13H,5-8H2,1-4H3,(H2,20,24)(H,21,22,23). The molecule has 3 N–H and O–H groups in total. The molecule has 0 radical (unpaired) electrons. The summed E-state index contributed by atoms with van der Waals surface area (Å²) in [6.45, 7) is 6.10. The Morgan fingerprint density at radius 3 is 2.58 bits per heavy atom. The summed E-state index contributed by atoms with van der Waals surface area (Å²) in [5.74, 6) is 0.629. The molecule has 26 heavy (non-hydrogen) atoms. The molecule has 0 spiro atoms. The quantitative estimate of drug-likeness (QED) is 0.472. The third-order valence-corrected chi connectivity index (χ3v) is 5.73. The highest BCUT2D eigenvalue weighted by Gasteiger charge is 2.49. The fourth-order valence-electron chi connectivity index (χ4n) is 3.70. The number of rotatable bonds is 5. The molecule has 1 amide bonds. The summed E-state index contributed by atoms with van der Waals surface area (Å²) >= 11 is 8.15. The first-order chi connectivity index (χ1) is 12.1. The molecule has 1 unspecified atom stereocenters. The Labute approximate surface area is 172 Å². The van der Waals surface area contributed by atoms with E-state index in [9.17, 15) is 4.79 Å². The highest BCUT2D eigenvalue weighted by molar-refractivity contribution is 14.1. The fraction of sp³-hybridized carbons (Fsp3) is 0.706. The molecule has 146 valence electrons. The van der Waals surface area contributed by atoms with Crippen LogP contribution in [-0.4, -0.2) is 40.9 Å². The Balaban J connectivity index is 2.44. The van der Waals surface area contributed by atoms with E-state index < -0.39 is 17.7 Å². The van der Waals surface area contributed by atoms with Gasteiger partial charge in [0, 0.05) is 18.7 Å². The zero-order chi connectivity index (χ0) is 19.5. The van der Waals surface area contributed by atoms with Gasteiger partial charge in [0.15, 0.2) is 0 Å². The molecule has 0 aliphatic heterocycles. The lowest BCUT2D eigenvalue weighted by Gasteiger charge is -2.49. The lowest BCUT2D eigenvalue weighted by molar-refractivity contribution is -0.0410. The van der Waals surface area contributed by atoms with Crippen molar-refractivity contribution >= 4 is 46.1 Å². The minimum atomic E-state index is -0.782. The molecular weight excluding hydrogens is 471 g/mol. The van der Waals surface area contributed by atoms with Gasteiger partial charge in [-0.15, -0.1) is 0 Å². The smallest absolute Gasteiger partial charge is 0.404 e. The number of hydrogen-bond acceptors (Lipinski definition) is 6.